The summed E-state index contributed by atoms with van der Waals surface area (Å²) < 4.78 is 0. The average molecular weight is 319 g/mol. The Hall–Kier alpha value is -2.88. The number of hydrogen-bond acceptors (Lipinski definition) is 3. The standard InChI is InChI=1S/C20H17NO3/c1-12-6-8-13(9-7-12)21-19(18-16(22)10-11-17(18)23)14-4-2-3-5-15(14)20(21)24/h2-9,19,22H,10-11H2,1H3. The molecule has 1 atom stereocenters. The summed E-state index contributed by atoms with van der Waals surface area (Å²) in [5, 5.41) is 10.3. The van der Waals surface area contributed by atoms with Crippen LogP contribution >= 0.6 is 0 Å². The molecule has 4 heteroatoms. The molecule has 0 saturated heterocycles. The second-order valence-electron chi connectivity index (χ2n) is 6.28. The summed E-state index contributed by atoms with van der Waals surface area (Å²) in [5.41, 5.74) is 3.54. The molecule has 0 saturated carbocycles. The van der Waals surface area contributed by atoms with Gasteiger partial charge in [0.2, 0.25) is 0 Å². The molecule has 0 radical (unpaired) electrons. The van der Waals surface area contributed by atoms with Crippen molar-refractivity contribution in [3.05, 3.63) is 76.6 Å². The first-order valence-corrected chi connectivity index (χ1v) is 8.02. The van der Waals surface area contributed by atoms with Crippen LogP contribution in [-0.4, -0.2) is 16.8 Å². The molecule has 0 spiro atoms. The summed E-state index contributed by atoms with van der Waals surface area (Å²) in [6.07, 6.45) is 0.651. The van der Waals surface area contributed by atoms with Crippen molar-refractivity contribution in [1.29, 1.82) is 0 Å². The van der Waals surface area contributed by atoms with Crippen molar-refractivity contribution in [2.75, 3.05) is 4.90 Å². The van der Waals surface area contributed by atoms with Gasteiger partial charge in [0.1, 0.15) is 5.76 Å². The number of benzene rings is 2. The zero-order valence-corrected chi connectivity index (χ0v) is 13.3. The van der Waals surface area contributed by atoms with Gasteiger partial charge in [-0.3, -0.25) is 14.5 Å². The van der Waals surface area contributed by atoms with E-state index in [0.29, 0.717) is 24.0 Å². The largest absolute Gasteiger partial charge is 0.512 e. The Labute approximate surface area is 140 Å². The van der Waals surface area contributed by atoms with Gasteiger partial charge >= 0.3 is 0 Å². The van der Waals surface area contributed by atoms with Crippen molar-refractivity contribution >= 4 is 17.4 Å². The number of carbonyl (C=O) groups is 2. The number of aliphatic hydroxyl groups is 1. The fraction of sp³-hybridized carbons (Fsp3) is 0.200. The number of aliphatic hydroxyl groups excluding tert-OH is 1. The third-order valence-corrected chi connectivity index (χ3v) is 4.75. The molecule has 1 aliphatic heterocycles. The average Bonchev–Trinajstić information content (AvgIpc) is 3.06. The first kappa shape index (κ1) is 14.7. The molecule has 0 fully saturated rings. The van der Waals surface area contributed by atoms with Gasteiger partial charge < -0.3 is 5.11 Å². The van der Waals surface area contributed by atoms with Crippen LogP contribution in [0.15, 0.2) is 59.9 Å². The molecular weight excluding hydrogens is 302 g/mol. The van der Waals surface area contributed by atoms with Gasteiger partial charge in [-0.1, -0.05) is 35.9 Å². The van der Waals surface area contributed by atoms with Crippen molar-refractivity contribution < 1.29 is 14.7 Å². The van der Waals surface area contributed by atoms with Crippen molar-refractivity contribution in [2.45, 2.75) is 25.8 Å². The maximum absolute atomic E-state index is 13.0. The van der Waals surface area contributed by atoms with Crippen LogP contribution < -0.4 is 4.90 Å². The second-order valence-corrected chi connectivity index (χ2v) is 6.28. The fourth-order valence-corrected chi connectivity index (χ4v) is 3.55. The maximum atomic E-state index is 13.0. The van der Waals surface area contributed by atoms with Gasteiger partial charge in [-0.05, 0) is 30.7 Å². The number of amides is 1. The number of fused-ring (bicyclic) bond motifs is 1. The Morgan fingerprint density at radius 3 is 2.38 bits per heavy atom. The fourth-order valence-electron chi connectivity index (χ4n) is 3.55. The number of rotatable bonds is 2. The molecular formula is C20H17NO3. The molecule has 4 rings (SSSR count). The monoisotopic (exact) mass is 319 g/mol. The molecule has 2 aromatic rings. The summed E-state index contributed by atoms with van der Waals surface area (Å²) in [6, 6.07) is 14.4. The van der Waals surface area contributed by atoms with Gasteiger partial charge in [0.05, 0.1) is 11.6 Å². The van der Waals surface area contributed by atoms with Crippen LogP contribution in [0.2, 0.25) is 0 Å². The number of carbonyl (C=O) groups excluding carboxylic acids is 2. The van der Waals surface area contributed by atoms with Crippen molar-refractivity contribution in [1.82, 2.24) is 0 Å². The number of anilines is 1. The molecule has 1 N–H and O–H groups in total. The minimum Gasteiger partial charge on any atom is -0.512 e. The van der Waals surface area contributed by atoms with E-state index in [1.165, 1.54) is 0 Å². The van der Waals surface area contributed by atoms with Crippen molar-refractivity contribution in [2.24, 2.45) is 0 Å². The molecule has 0 bridgehead atoms. The number of hydrogen-bond donors (Lipinski definition) is 1. The Morgan fingerprint density at radius 1 is 1.00 bits per heavy atom. The van der Waals surface area contributed by atoms with E-state index in [1.54, 1.807) is 11.0 Å². The maximum Gasteiger partial charge on any atom is 0.259 e. The van der Waals surface area contributed by atoms with Crippen LogP contribution in [-0.2, 0) is 4.79 Å². The van der Waals surface area contributed by atoms with Crippen LogP contribution in [0.4, 0.5) is 5.69 Å². The van der Waals surface area contributed by atoms with E-state index in [2.05, 4.69) is 0 Å². The van der Waals surface area contributed by atoms with Crippen LogP contribution in [0.5, 0.6) is 0 Å². The van der Waals surface area contributed by atoms with Crippen molar-refractivity contribution in [3.63, 3.8) is 0 Å². The number of nitrogens with zero attached hydrogens (tertiary/aromatic N) is 1. The third-order valence-electron chi connectivity index (χ3n) is 4.75. The highest BCUT2D eigenvalue weighted by molar-refractivity contribution is 6.14. The van der Waals surface area contributed by atoms with Crippen LogP contribution in [0.3, 0.4) is 0 Å². The summed E-state index contributed by atoms with van der Waals surface area (Å²) in [5.74, 6) is -0.120. The highest BCUT2D eigenvalue weighted by Gasteiger charge is 2.44. The zero-order valence-electron chi connectivity index (χ0n) is 13.3. The Bertz CT molecular complexity index is 880. The molecule has 24 heavy (non-hydrogen) atoms. The summed E-state index contributed by atoms with van der Waals surface area (Å²) in [7, 11) is 0. The van der Waals surface area contributed by atoms with Gasteiger partial charge in [-0.15, -0.1) is 0 Å². The van der Waals surface area contributed by atoms with Gasteiger partial charge in [0.15, 0.2) is 5.78 Å². The zero-order chi connectivity index (χ0) is 16.8. The second kappa shape index (κ2) is 5.34. The Kier molecular flexibility index (Phi) is 3.27. The normalized spacial score (nSPS) is 20.0. The molecule has 1 amide bonds. The lowest BCUT2D eigenvalue weighted by Gasteiger charge is -2.26. The molecule has 120 valence electrons. The number of Topliss-reactive ketones (excluding diaryl/α,β-unsaturated/α-hetero) is 1. The van der Waals surface area contributed by atoms with Crippen molar-refractivity contribution in [3.8, 4) is 0 Å². The summed E-state index contributed by atoms with van der Waals surface area (Å²) in [6.45, 7) is 1.98. The van der Waals surface area contributed by atoms with E-state index in [1.807, 2.05) is 49.4 Å². The molecule has 1 heterocycles. The number of aryl methyl sites for hydroxylation is 1. The van der Waals surface area contributed by atoms with E-state index in [0.717, 1.165) is 16.8 Å². The van der Waals surface area contributed by atoms with E-state index < -0.39 is 6.04 Å². The first-order valence-electron chi connectivity index (χ1n) is 8.02. The third kappa shape index (κ3) is 2.07. The lowest BCUT2D eigenvalue weighted by molar-refractivity contribution is -0.115. The molecule has 2 aliphatic rings. The molecule has 4 nitrogen and oxygen atoms in total. The Morgan fingerprint density at radius 2 is 1.71 bits per heavy atom. The molecule has 1 unspecified atom stereocenters. The minimum absolute atomic E-state index is 0.0842. The van der Waals surface area contributed by atoms with Gasteiger partial charge in [-0.2, -0.15) is 0 Å². The SMILES string of the molecule is Cc1ccc(N2C(=O)c3ccccc3C2C2=C(O)CCC2=O)cc1. The van der Waals surface area contributed by atoms with E-state index in [-0.39, 0.29) is 17.4 Å². The number of allylic oxidation sites excluding steroid dienone is 1. The van der Waals surface area contributed by atoms with E-state index in [9.17, 15) is 14.7 Å². The van der Waals surface area contributed by atoms with Gasteiger partial charge in [0.25, 0.3) is 5.91 Å². The smallest absolute Gasteiger partial charge is 0.259 e. The summed E-state index contributed by atoms with van der Waals surface area (Å²) >= 11 is 0. The summed E-state index contributed by atoms with van der Waals surface area (Å²) in [4.78, 5) is 27.0. The lowest BCUT2D eigenvalue weighted by atomic mass is 9.96. The van der Waals surface area contributed by atoms with E-state index >= 15 is 0 Å². The van der Waals surface area contributed by atoms with Crippen LogP contribution in [0, 0.1) is 6.92 Å². The molecule has 2 aromatic carbocycles. The topological polar surface area (TPSA) is 57.6 Å². The number of ketones is 1. The molecule has 1 aliphatic carbocycles. The lowest BCUT2D eigenvalue weighted by Crippen LogP contribution is -2.30. The van der Waals surface area contributed by atoms with E-state index in [4.69, 9.17) is 0 Å². The highest BCUT2D eigenvalue weighted by atomic mass is 16.3. The highest BCUT2D eigenvalue weighted by Crippen LogP contribution is 2.44. The predicted molar refractivity (Wildman–Crippen MR) is 91.1 cm³/mol. The van der Waals surface area contributed by atoms with Crippen LogP contribution in [0.25, 0.3) is 0 Å². The predicted octanol–water partition coefficient (Wildman–Crippen LogP) is 3.87. The Balaban J connectivity index is 1.92. The quantitative estimate of drug-likeness (QED) is 0.914. The van der Waals surface area contributed by atoms with Gasteiger partial charge in [-0.25, -0.2) is 0 Å². The van der Waals surface area contributed by atoms with Crippen LogP contribution in [0.1, 0.15) is 40.4 Å². The van der Waals surface area contributed by atoms with Gasteiger partial charge in [0, 0.05) is 24.1 Å². The minimum atomic E-state index is -0.550. The molecule has 0 aromatic heterocycles. The first-order chi connectivity index (χ1) is 11.6.